The van der Waals surface area contributed by atoms with Crippen molar-refractivity contribution in [2.45, 2.75) is 39.0 Å². The van der Waals surface area contributed by atoms with Crippen molar-refractivity contribution in [2.24, 2.45) is 0 Å². The highest BCUT2D eigenvalue weighted by Crippen LogP contribution is 2.16. The summed E-state index contributed by atoms with van der Waals surface area (Å²) in [6.07, 6.45) is 6.77. The molecule has 0 saturated carbocycles. The second-order valence-electron chi connectivity index (χ2n) is 5.27. The van der Waals surface area contributed by atoms with Gasteiger partial charge in [-0.15, -0.1) is 0 Å². The Bertz CT molecular complexity index is 524. The van der Waals surface area contributed by atoms with Gasteiger partial charge in [0.1, 0.15) is 0 Å². The van der Waals surface area contributed by atoms with E-state index in [9.17, 15) is 5.11 Å². The van der Waals surface area contributed by atoms with E-state index in [1.807, 2.05) is 29.2 Å². The first-order valence-corrected chi connectivity index (χ1v) is 6.93. The van der Waals surface area contributed by atoms with Gasteiger partial charge in [-0.3, -0.25) is 9.67 Å². The zero-order valence-corrected chi connectivity index (χ0v) is 12.2. The number of hydrogen-bond donors (Lipinski definition) is 2. The minimum atomic E-state index is -0.527. The van der Waals surface area contributed by atoms with Crippen LogP contribution in [0.5, 0.6) is 0 Å². The summed E-state index contributed by atoms with van der Waals surface area (Å²) in [7, 11) is 0. The van der Waals surface area contributed by atoms with Crippen molar-refractivity contribution < 1.29 is 5.11 Å². The Morgan fingerprint density at radius 1 is 1.20 bits per heavy atom. The fourth-order valence-corrected chi connectivity index (χ4v) is 1.97. The van der Waals surface area contributed by atoms with Crippen LogP contribution in [0.25, 0.3) is 0 Å². The number of nitrogens with zero attached hydrogens (tertiary/aromatic N) is 3. The number of nitrogens with one attached hydrogen (secondary N) is 1. The van der Waals surface area contributed by atoms with Gasteiger partial charge in [0.15, 0.2) is 0 Å². The summed E-state index contributed by atoms with van der Waals surface area (Å²) in [6.45, 7) is 6.77. The van der Waals surface area contributed by atoms with E-state index in [2.05, 4.69) is 36.2 Å². The fourth-order valence-electron chi connectivity index (χ4n) is 1.97. The first-order valence-electron chi connectivity index (χ1n) is 6.93. The van der Waals surface area contributed by atoms with Gasteiger partial charge in [-0.2, -0.15) is 5.10 Å². The van der Waals surface area contributed by atoms with Gasteiger partial charge in [-0.05, 0) is 38.5 Å². The molecule has 0 bridgehead atoms. The van der Waals surface area contributed by atoms with E-state index in [0.29, 0.717) is 12.6 Å². The first kappa shape index (κ1) is 14.7. The Balaban J connectivity index is 1.90. The highest BCUT2D eigenvalue weighted by Gasteiger charge is 2.12. The monoisotopic (exact) mass is 274 g/mol. The SMILES string of the molecule is CC(NCC(O)c1ccncc1)c1cnn(C(C)C)c1. The number of hydrogen-bond acceptors (Lipinski definition) is 4. The van der Waals surface area contributed by atoms with Crippen molar-refractivity contribution in [1.29, 1.82) is 0 Å². The van der Waals surface area contributed by atoms with Crippen molar-refractivity contribution >= 4 is 0 Å². The molecule has 0 saturated heterocycles. The van der Waals surface area contributed by atoms with Gasteiger partial charge in [-0.1, -0.05) is 0 Å². The van der Waals surface area contributed by atoms with E-state index in [4.69, 9.17) is 0 Å². The molecule has 2 unspecified atom stereocenters. The van der Waals surface area contributed by atoms with Gasteiger partial charge in [0.2, 0.25) is 0 Å². The summed E-state index contributed by atoms with van der Waals surface area (Å²) < 4.78 is 1.94. The Morgan fingerprint density at radius 2 is 1.90 bits per heavy atom. The number of aromatic nitrogens is 3. The van der Waals surface area contributed by atoms with Crippen molar-refractivity contribution in [3.05, 3.63) is 48.0 Å². The van der Waals surface area contributed by atoms with E-state index in [1.165, 1.54) is 0 Å². The molecule has 0 aliphatic heterocycles. The molecule has 2 atom stereocenters. The first-order chi connectivity index (χ1) is 9.58. The Labute approximate surface area is 119 Å². The molecule has 108 valence electrons. The lowest BCUT2D eigenvalue weighted by molar-refractivity contribution is 0.170. The Hall–Kier alpha value is -1.72. The predicted octanol–water partition coefficient (Wildman–Crippen LogP) is 2.24. The molecular weight excluding hydrogens is 252 g/mol. The van der Waals surface area contributed by atoms with Crippen LogP contribution in [0.3, 0.4) is 0 Å². The average Bonchev–Trinajstić information content (AvgIpc) is 2.95. The smallest absolute Gasteiger partial charge is 0.0915 e. The summed E-state index contributed by atoms with van der Waals surface area (Å²) in [5, 5.41) is 17.8. The van der Waals surface area contributed by atoms with Crippen LogP contribution >= 0.6 is 0 Å². The Kier molecular flexibility index (Phi) is 4.87. The van der Waals surface area contributed by atoms with Crippen LogP contribution in [0.4, 0.5) is 0 Å². The molecule has 0 aromatic carbocycles. The highest BCUT2D eigenvalue weighted by atomic mass is 16.3. The van der Waals surface area contributed by atoms with Gasteiger partial charge in [-0.25, -0.2) is 0 Å². The molecule has 2 aromatic rings. The molecule has 0 spiro atoms. The third kappa shape index (κ3) is 3.65. The van der Waals surface area contributed by atoms with E-state index >= 15 is 0 Å². The van der Waals surface area contributed by atoms with E-state index < -0.39 is 6.10 Å². The molecule has 2 heterocycles. The number of aliphatic hydroxyl groups excluding tert-OH is 1. The molecule has 0 amide bonds. The minimum absolute atomic E-state index is 0.152. The zero-order valence-electron chi connectivity index (χ0n) is 12.2. The molecule has 2 rings (SSSR count). The fraction of sp³-hybridized carbons (Fsp3) is 0.467. The van der Waals surface area contributed by atoms with E-state index in [1.54, 1.807) is 12.4 Å². The lowest BCUT2D eigenvalue weighted by atomic mass is 10.1. The molecule has 0 aliphatic carbocycles. The highest BCUT2D eigenvalue weighted by molar-refractivity contribution is 5.14. The number of rotatable bonds is 6. The van der Waals surface area contributed by atoms with Crippen molar-refractivity contribution in [3.63, 3.8) is 0 Å². The van der Waals surface area contributed by atoms with Crippen LogP contribution in [0, 0.1) is 0 Å². The lowest BCUT2D eigenvalue weighted by Crippen LogP contribution is -2.24. The summed E-state index contributed by atoms with van der Waals surface area (Å²) in [4.78, 5) is 3.95. The quantitative estimate of drug-likeness (QED) is 0.848. The van der Waals surface area contributed by atoms with Crippen molar-refractivity contribution in [2.75, 3.05) is 6.54 Å². The predicted molar refractivity (Wildman–Crippen MR) is 78.2 cm³/mol. The van der Waals surface area contributed by atoms with Crippen LogP contribution in [-0.2, 0) is 0 Å². The third-order valence-electron chi connectivity index (χ3n) is 3.36. The second kappa shape index (κ2) is 6.63. The summed E-state index contributed by atoms with van der Waals surface area (Å²) in [6, 6.07) is 4.17. The standard InChI is InChI=1S/C15H22N4O/c1-11(2)19-10-14(8-18-19)12(3)17-9-15(20)13-4-6-16-7-5-13/h4-8,10-12,15,17,20H,9H2,1-3H3. The van der Waals surface area contributed by atoms with Crippen LogP contribution in [0.2, 0.25) is 0 Å². The normalized spacial score (nSPS) is 14.4. The van der Waals surface area contributed by atoms with Crippen LogP contribution < -0.4 is 5.32 Å². The van der Waals surface area contributed by atoms with Gasteiger partial charge < -0.3 is 10.4 Å². The third-order valence-corrected chi connectivity index (χ3v) is 3.36. The number of pyridine rings is 1. The van der Waals surface area contributed by atoms with Crippen LogP contribution in [-0.4, -0.2) is 26.4 Å². The van der Waals surface area contributed by atoms with Gasteiger partial charge in [0.05, 0.1) is 12.3 Å². The maximum atomic E-state index is 10.1. The van der Waals surface area contributed by atoms with Crippen molar-refractivity contribution in [1.82, 2.24) is 20.1 Å². The van der Waals surface area contributed by atoms with Gasteiger partial charge in [0.25, 0.3) is 0 Å². The largest absolute Gasteiger partial charge is 0.387 e. The topological polar surface area (TPSA) is 63.0 Å². The molecule has 2 aromatic heterocycles. The molecule has 5 heteroatoms. The summed E-state index contributed by atoms with van der Waals surface area (Å²) in [5.74, 6) is 0. The molecule has 0 aliphatic rings. The second-order valence-corrected chi connectivity index (χ2v) is 5.27. The van der Waals surface area contributed by atoms with Gasteiger partial charge in [0, 0.05) is 42.8 Å². The maximum Gasteiger partial charge on any atom is 0.0915 e. The van der Waals surface area contributed by atoms with E-state index in [0.717, 1.165) is 11.1 Å². The molecule has 2 N–H and O–H groups in total. The van der Waals surface area contributed by atoms with Crippen LogP contribution in [0.15, 0.2) is 36.9 Å². The number of aliphatic hydroxyl groups is 1. The molecule has 20 heavy (non-hydrogen) atoms. The maximum absolute atomic E-state index is 10.1. The summed E-state index contributed by atoms with van der Waals surface area (Å²) in [5.41, 5.74) is 2.00. The van der Waals surface area contributed by atoms with E-state index in [-0.39, 0.29) is 6.04 Å². The minimum Gasteiger partial charge on any atom is -0.387 e. The molecule has 5 nitrogen and oxygen atoms in total. The average molecular weight is 274 g/mol. The van der Waals surface area contributed by atoms with Gasteiger partial charge >= 0.3 is 0 Å². The zero-order chi connectivity index (χ0) is 14.5. The summed E-state index contributed by atoms with van der Waals surface area (Å²) >= 11 is 0. The Morgan fingerprint density at radius 3 is 2.50 bits per heavy atom. The molecule has 0 fully saturated rings. The van der Waals surface area contributed by atoms with Crippen molar-refractivity contribution in [3.8, 4) is 0 Å². The van der Waals surface area contributed by atoms with Crippen LogP contribution in [0.1, 0.15) is 50.1 Å². The molecule has 0 radical (unpaired) electrons. The lowest BCUT2D eigenvalue weighted by Gasteiger charge is -2.16. The molecular formula is C15H22N4O.